The summed E-state index contributed by atoms with van der Waals surface area (Å²) in [6, 6.07) is -0.730. The van der Waals surface area contributed by atoms with Gasteiger partial charge >= 0.3 is 6.03 Å². The van der Waals surface area contributed by atoms with Gasteiger partial charge in [-0.25, -0.2) is 9.80 Å². The number of rotatable bonds is 5. The van der Waals surface area contributed by atoms with Gasteiger partial charge in [0.15, 0.2) is 0 Å². The maximum atomic E-state index is 13.3. The van der Waals surface area contributed by atoms with E-state index in [0.29, 0.717) is 19.3 Å². The van der Waals surface area contributed by atoms with Gasteiger partial charge in [0.25, 0.3) is 11.5 Å². The van der Waals surface area contributed by atoms with Gasteiger partial charge in [0, 0.05) is 6.54 Å². The summed E-state index contributed by atoms with van der Waals surface area (Å²) in [5.41, 5.74) is 3.08. The number of hydrogen-bond donors (Lipinski definition) is 4. The van der Waals surface area contributed by atoms with Crippen LogP contribution in [0.25, 0.3) is 0 Å². The number of amidine groups is 1. The van der Waals surface area contributed by atoms with Crippen LogP contribution in [0.4, 0.5) is 4.79 Å². The standard InChI is InChI=1S/C20H28N6O4S/c1-2-3-9-24-14(27)12(13(21)22)15(28)25(18(24)31)26-17(30)23-16(29)20(26)10-19(11-20)7-5-4-6-8-19/h27H,2-11H2,1H3,(H3,21,22)(H,23,29,30). The number of unbranched alkanes of at least 4 members (excludes halogenated alkanes) is 1. The topological polar surface area (TPSA) is 146 Å². The molecule has 0 aromatic carbocycles. The number of aromatic nitrogens is 2. The Hall–Kier alpha value is -2.69. The van der Waals surface area contributed by atoms with Crippen LogP contribution >= 0.6 is 12.2 Å². The quantitative estimate of drug-likeness (QED) is 0.234. The van der Waals surface area contributed by atoms with Crippen molar-refractivity contribution in [2.75, 3.05) is 5.01 Å². The summed E-state index contributed by atoms with van der Waals surface area (Å²) < 4.78 is 2.16. The highest BCUT2D eigenvalue weighted by Gasteiger charge is 2.67. The molecular weight excluding hydrogens is 420 g/mol. The lowest BCUT2D eigenvalue weighted by Gasteiger charge is -2.57. The van der Waals surface area contributed by atoms with Gasteiger partial charge in [0.1, 0.15) is 16.9 Å². The van der Waals surface area contributed by atoms with E-state index in [1.165, 1.54) is 4.57 Å². The predicted molar refractivity (Wildman–Crippen MR) is 116 cm³/mol. The van der Waals surface area contributed by atoms with Crippen molar-refractivity contribution in [2.24, 2.45) is 11.1 Å². The molecule has 1 aromatic heterocycles. The third-order valence-electron chi connectivity index (χ3n) is 6.99. The summed E-state index contributed by atoms with van der Waals surface area (Å²) in [6.07, 6.45) is 7.69. The zero-order valence-corrected chi connectivity index (χ0v) is 18.4. The molecule has 168 valence electrons. The van der Waals surface area contributed by atoms with Crippen molar-refractivity contribution in [1.29, 1.82) is 5.41 Å². The molecule has 0 bridgehead atoms. The van der Waals surface area contributed by atoms with E-state index in [-0.39, 0.29) is 16.7 Å². The second-order valence-corrected chi connectivity index (χ2v) is 9.40. The van der Waals surface area contributed by atoms with Crippen LogP contribution in [0.3, 0.4) is 0 Å². The molecule has 2 aliphatic carbocycles. The normalized spacial score (nSPS) is 21.4. The van der Waals surface area contributed by atoms with Gasteiger partial charge in [-0.1, -0.05) is 32.6 Å². The Balaban J connectivity index is 1.87. The van der Waals surface area contributed by atoms with E-state index in [1.807, 2.05) is 6.92 Å². The van der Waals surface area contributed by atoms with Crippen molar-refractivity contribution in [3.63, 3.8) is 0 Å². The number of aromatic hydroxyl groups is 1. The largest absolute Gasteiger partial charge is 0.494 e. The van der Waals surface area contributed by atoms with Gasteiger partial charge < -0.3 is 10.8 Å². The Morgan fingerprint density at radius 2 is 1.87 bits per heavy atom. The van der Waals surface area contributed by atoms with Gasteiger partial charge in [-0.15, -0.1) is 0 Å². The highest BCUT2D eigenvalue weighted by molar-refractivity contribution is 7.71. The fraction of sp³-hybridized carbons (Fsp3) is 0.650. The molecule has 1 aromatic rings. The van der Waals surface area contributed by atoms with Crippen molar-refractivity contribution in [1.82, 2.24) is 14.6 Å². The number of amides is 3. The molecule has 0 unspecified atom stereocenters. The minimum absolute atomic E-state index is 0.0117. The number of carbonyl (C=O) groups is 2. The van der Waals surface area contributed by atoms with Crippen molar-refractivity contribution in [2.45, 2.75) is 76.8 Å². The molecule has 1 saturated heterocycles. The molecular formula is C20H28N6O4S. The van der Waals surface area contributed by atoms with E-state index in [0.717, 1.165) is 48.2 Å². The molecule has 2 heterocycles. The Morgan fingerprint density at radius 3 is 2.45 bits per heavy atom. The van der Waals surface area contributed by atoms with Crippen molar-refractivity contribution in [3.05, 3.63) is 20.7 Å². The van der Waals surface area contributed by atoms with E-state index >= 15 is 0 Å². The third-order valence-corrected chi connectivity index (χ3v) is 7.39. The minimum Gasteiger partial charge on any atom is -0.494 e. The SMILES string of the molecule is CCCCn1c(O)c(C(=N)N)c(=O)n(N2C(=O)NC(=O)C23CC2(CCCCC2)C3)c1=S. The average molecular weight is 449 g/mol. The zero-order valence-electron chi connectivity index (χ0n) is 17.6. The fourth-order valence-corrected chi connectivity index (χ4v) is 5.89. The molecule has 31 heavy (non-hydrogen) atoms. The maximum Gasteiger partial charge on any atom is 0.344 e. The highest BCUT2D eigenvalue weighted by atomic mass is 32.1. The van der Waals surface area contributed by atoms with Gasteiger partial charge in [-0.2, -0.15) is 4.68 Å². The third kappa shape index (κ3) is 3.08. The van der Waals surface area contributed by atoms with Crippen LogP contribution in [0, 0.1) is 15.6 Å². The molecule has 11 heteroatoms. The van der Waals surface area contributed by atoms with E-state index in [1.54, 1.807) is 0 Å². The number of hydrogen-bond acceptors (Lipinski definition) is 6. The molecule has 0 radical (unpaired) electrons. The lowest BCUT2D eigenvalue weighted by Crippen LogP contribution is -2.68. The van der Waals surface area contributed by atoms with E-state index in [2.05, 4.69) is 5.32 Å². The zero-order chi connectivity index (χ0) is 22.6. The van der Waals surface area contributed by atoms with Crippen LogP contribution in [0.2, 0.25) is 0 Å². The summed E-state index contributed by atoms with van der Waals surface area (Å²) in [6.45, 7) is 2.24. The molecule has 2 spiro atoms. The Kier molecular flexibility index (Phi) is 5.19. The number of nitrogens with one attached hydrogen (secondary N) is 2. The Labute approximate surface area is 184 Å². The lowest BCUT2D eigenvalue weighted by molar-refractivity contribution is -0.134. The fourth-order valence-electron chi connectivity index (χ4n) is 5.55. The maximum absolute atomic E-state index is 13.3. The summed E-state index contributed by atoms with van der Waals surface area (Å²) >= 11 is 5.50. The van der Waals surface area contributed by atoms with Crippen LogP contribution in [0.5, 0.6) is 5.88 Å². The smallest absolute Gasteiger partial charge is 0.344 e. The minimum atomic E-state index is -1.20. The van der Waals surface area contributed by atoms with Gasteiger partial charge in [-0.3, -0.25) is 24.9 Å². The number of nitrogens with zero attached hydrogens (tertiary/aromatic N) is 3. The van der Waals surface area contributed by atoms with Crippen LogP contribution in [-0.4, -0.2) is 37.7 Å². The molecule has 4 rings (SSSR count). The van der Waals surface area contributed by atoms with Crippen LogP contribution in [0.15, 0.2) is 4.79 Å². The Morgan fingerprint density at radius 1 is 1.23 bits per heavy atom. The first kappa shape index (κ1) is 21.5. The molecule has 1 aliphatic heterocycles. The number of nitrogen functional groups attached to an aromatic ring is 1. The van der Waals surface area contributed by atoms with E-state index in [9.17, 15) is 19.5 Å². The molecule has 10 nitrogen and oxygen atoms in total. The van der Waals surface area contributed by atoms with Crippen LogP contribution in [-0.2, 0) is 11.3 Å². The second kappa shape index (κ2) is 7.47. The molecule has 5 N–H and O–H groups in total. The monoisotopic (exact) mass is 448 g/mol. The average Bonchev–Trinajstić information content (AvgIpc) is 2.92. The number of nitrogens with two attached hydrogens (primary N) is 1. The molecule has 2 saturated carbocycles. The summed E-state index contributed by atoms with van der Waals surface area (Å²) in [5, 5.41) is 21.9. The predicted octanol–water partition coefficient (Wildman–Crippen LogP) is 1.84. The van der Waals surface area contributed by atoms with Crippen molar-refractivity contribution in [3.8, 4) is 5.88 Å². The highest BCUT2D eigenvalue weighted by Crippen LogP contribution is 2.59. The van der Waals surface area contributed by atoms with Gasteiger partial charge in [-0.05, 0) is 49.7 Å². The number of imide groups is 1. The number of carbonyl (C=O) groups excluding carboxylic acids is 2. The van der Waals surface area contributed by atoms with E-state index in [4.69, 9.17) is 23.4 Å². The van der Waals surface area contributed by atoms with E-state index < -0.39 is 40.3 Å². The molecule has 3 amide bonds. The molecule has 3 fully saturated rings. The Bertz CT molecular complexity index is 1080. The van der Waals surface area contributed by atoms with Crippen molar-refractivity contribution >= 4 is 30.0 Å². The van der Waals surface area contributed by atoms with Crippen LogP contribution in [0.1, 0.15) is 70.3 Å². The summed E-state index contributed by atoms with van der Waals surface area (Å²) in [5.74, 6) is -1.56. The summed E-state index contributed by atoms with van der Waals surface area (Å²) in [4.78, 5) is 39.1. The first-order valence-corrected chi connectivity index (χ1v) is 11.2. The lowest BCUT2D eigenvalue weighted by atomic mass is 9.52. The second-order valence-electron chi connectivity index (χ2n) is 9.03. The first-order chi connectivity index (χ1) is 14.7. The molecule has 3 aliphatic rings. The van der Waals surface area contributed by atoms with Crippen LogP contribution < -0.4 is 21.6 Å². The van der Waals surface area contributed by atoms with Gasteiger partial charge in [0.05, 0.1) is 0 Å². The molecule has 0 atom stereocenters. The first-order valence-electron chi connectivity index (χ1n) is 10.8. The van der Waals surface area contributed by atoms with Crippen molar-refractivity contribution < 1.29 is 14.7 Å². The summed E-state index contributed by atoms with van der Waals surface area (Å²) in [7, 11) is 0. The number of urea groups is 1. The van der Waals surface area contributed by atoms with Gasteiger partial charge in [0.2, 0.25) is 10.7 Å².